The van der Waals surface area contributed by atoms with Crippen molar-refractivity contribution in [3.05, 3.63) is 30.1 Å². The third-order valence-electron chi connectivity index (χ3n) is 2.83. The maximum Gasteiger partial charge on any atom is 0.433 e. The summed E-state index contributed by atoms with van der Waals surface area (Å²) in [5.41, 5.74) is -0.952. The van der Waals surface area contributed by atoms with Gasteiger partial charge in [-0.2, -0.15) is 10.1 Å². The molecule has 0 fully saturated rings. The third-order valence-corrected chi connectivity index (χ3v) is 2.83. The Kier molecular flexibility index (Phi) is 3.52. The van der Waals surface area contributed by atoms with Crippen LogP contribution in [0.25, 0.3) is 0 Å². The van der Waals surface area contributed by atoms with Gasteiger partial charge in [0.1, 0.15) is 5.60 Å². The number of amides is 1. The van der Waals surface area contributed by atoms with Crippen molar-refractivity contribution in [3.63, 3.8) is 0 Å². The number of hydrogen-bond donors (Lipinski definition) is 1. The minimum atomic E-state index is -1.52. The number of pyridine rings is 1. The first-order valence-corrected chi connectivity index (χ1v) is 6.42. The molecule has 1 aliphatic rings. The second-order valence-electron chi connectivity index (χ2n) is 5.86. The zero-order valence-electron chi connectivity index (χ0n) is 12.1. The molecule has 0 aliphatic carbocycles. The summed E-state index contributed by atoms with van der Waals surface area (Å²) >= 11 is 0. The first kappa shape index (κ1) is 14.5. The van der Waals surface area contributed by atoms with E-state index < -0.39 is 17.4 Å². The van der Waals surface area contributed by atoms with Crippen LogP contribution in [0.15, 0.2) is 29.6 Å². The van der Waals surface area contributed by atoms with E-state index in [-0.39, 0.29) is 6.42 Å². The number of carbonyl (C=O) groups is 1. The molecule has 1 aromatic heterocycles. The van der Waals surface area contributed by atoms with Crippen molar-refractivity contribution < 1.29 is 14.6 Å². The Morgan fingerprint density at radius 1 is 1.40 bits per heavy atom. The van der Waals surface area contributed by atoms with Crippen molar-refractivity contribution in [2.45, 2.75) is 45.4 Å². The van der Waals surface area contributed by atoms with Crippen LogP contribution in [0.5, 0.6) is 0 Å². The fourth-order valence-electron chi connectivity index (χ4n) is 2.06. The standard InChI is InChI=1S/C14H19N3O3/c1-10-9-14(19,11-5-7-15-8-6-11)17(16-10)12(18)20-13(2,3)4/h5-8,19H,9H2,1-4H3. The van der Waals surface area contributed by atoms with Gasteiger partial charge < -0.3 is 9.84 Å². The van der Waals surface area contributed by atoms with Crippen molar-refractivity contribution in [2.24, 2.45) is 5.10 Å². The zero-order valence-corrected chi connectivity index (χ0v) is 12.1. The molecule has 0 bridgehead atoms. The van der Waals surface area contributed by atoms with Gasteiger partial charge >= 0.3 is 6.09 Å². The molecule has 20 heavy (non-hydrogen) atoms. The van der Waals surface area contributed by atoms with Gasteiger partial charge in [0, 0.05) is 30.1 Å². The lowest BCUT2D eigenvalue weighted by Crippen LogP contribution is -2.45. The Morgan fingerprint density at radius 3 is 2.55 bits per heavy atom. The molecule has 0 radical (unpaired) electrons. The van der Waals surface area contributed by atoms with Gasteiger partial charge in [0.25, 0.3) is 0 Å². The van der Waals surface area contributed by atoms with Crippen LogP contribution in [0, 0.1) is 0 Å². The molecular formula is C14H19N3O3. The van der Waals surface area contributed by atoms with Crippen molar-refractivity contribution in [3.8, 4) is 0 Å². The van der Waals surface area contributed by atoms with Crippen LogP contribution in [-0.4, -0.2) is 32.5 Å². The summed E-state index contributed by atoms with van der Waals surface area (Å²) in [7, 11) is 0. The largest absolute Gasteiger partial charge is 0.442 e. The number of carbonyl (C=O) groups excluding carboxylic acids is 1. The second-order valence-corrected chi connectivity index (χ2v) is 5.86. The summed E-state index contributed by atoms with van der Waals surface area (Å²) in [6.07, 6.45) is 2.70. The van der Waals surface area contributed by atoms with E-state index in [9.17, 15) is 9.90 Å². The highest BCUT2D eigenvalue weighted by Gasteiger charge is 2.46. The van der Waals surface area contributed by atoms with Gasteiger partial charge in [-0.25, -0.2) is 4.79 Å². The highest BCUT2D eigenvalue weighted by atomic mass is 16.6. The van der Waals surface area contributed by atoms with Crippen molar-refractivity contribution >= 4 is 11.8 Å². The fourth-order valence-corrected chi connectivity index (χ4v) is 2.06. The van der Waals surface area contributed by atoms with Gasteiger partial charge in [-0.1, -0.05) is 0 Å². The quantitative estimate of drug-likeness (QED) is 0.854. The minimum Gasteiger partial charge on any atom is -0.442 e. The first-order valence-electron chi connectivity index (χ1n) is 6.42. The molecule has 2 rings (SSSR count). The molecule has 1 N–H and O–H groups in total. The molecule has 0 spiro atoms. The third kappa shape index (κ3) is 2.80. The topological polar surface area (TPSA) is 75.0 Å². The lowest BCUT2D eigenvalue weighted by Gasteiger charge is -2.32. The maximum atomic E-state index is 12.2. The highest BCUT2D eigenvalue weighted by Crippen LogP contribution is 2.35. The number of ether oxygens (including phenoxy) is 1. The molecule has 0 saturated carbocycles. The first-order chi connectivity index (χ1) is 9.22. The minimum absolute atomic E-state index is 0.246. The van der Waals surface area contributed by atoms with Crippen LogP contribution in [-0.2, 0) is 10.5 Å². The van der Waals surface area contributed by atoms with Gasteiger partial charge in [-0.05, 0) is 39.8 Å². The van der Waals surface area contributed by atoms with Gasteiger partial charge in [-0.3, -0.25) is 4.98 Å². The Bertz CT molecular complexity index is 536. The smallest absolute Gasteiger partial charge is 0.433 e. The summed E-state index contributed by atoms with van der Waals surface area (Å²) in [4.78, 5) is 16.1. The van der Waals surface area contributed by atoms with Crippen LogP contribution >= 0.6 is 0 Å². The van der Waals surface area contributed by atoms with Crippen molar-refractivity contribution in [2.75, 3.05) is 0 Å². The molecule has 6 heteroatoms. The average molecular weight is 277 g/mol. The second kappa shape index (κ2) is 4.86. The molecule has 1 amide bonds. The Hall–Kier alpha value is -1.95. The van der Waals surface area contributed by atoms with Crippen LogP contribution < -0.4 is 0 Å². The highest BCUT2D eigenvalue weighted by molar-refractivity contribution is 5.87. The van der Waals surface area contributed by atoms with E-state index in [1.165, 1.54) is 0 Å². The SMILES string of the molecule is CC1=NN(C(=O)OC(C)(C)C)C(O)(c2ccncc2)C1. The van der Waals surface area contributed by atoms with Crippen LogP contribution in [0.4, 0.5) is 4.79 Å². The molecule has 108 valence electrons. The molecule has 1 unspecified atom stereocenters. The predicted molar refractivity (Wildman–Crippen MR) is 73.9 cm³/mol. The Morgan fingerprint density at radius 2 is 2.00 bits per heavy atom. The number of nitrogens with zero attached hydrogens (tertiary/aromatic N) is 3. The summed E-state index contributed by atoms with van der Waals surface area (Å²) in [6.45, 7) is 7.06. The molecule has 0 saturated heterocycles. The number of aromatic nitrogens is 1. The lowest BCUT2D eigenvalue weighted by molar-refractivity contribution is -0.0975. The molecule has 1 aliphatic heterocycles. The van der Waals surface area contributed by atoms with Crippen LogP contribution in [0.3, 0.4) is 0 Å². The van der Waals surface area contributed by atoms with E-state index >= 15 is 0 Å². The summed E-state index contributed by atoms with van der Waals surface area (Å²) in [5.74, 6) is 0. The lowest BCUT2D eigenvalue weighted by atomic mass is 9.99. The normalized spacial score (nSPS) is 22.6. The van der Waals surface area contributed by atoms with Crippen molar-refractivity contribution in [1.82, 2.24) is 9.99 Å². The summed E-state index contributed by atoms with van der Waals surface area (Å²) < 4.78 is 5.29. The average Bonchev–Trinajstić information content (AvgIpc) is 2.65. The zero-order chi connectivity index (χ0) is 15.0. The summed E-state index contributed by atoms with van der Waals surface area (Å²) in [5, 5.41) is 16.0. The van der Waals surface area contributed by atoms with Crippen LogP contribution in [0.2, 0.25) is 0 Å². The Balaban J connectivity index is 2.32. The molecule has 2 heterocycles. The van der Waals surface area contributed by atoms with E-state index in [1.54, 1.807) is 52.2 Å². The monoisotopic (exact) mass is 277 g/mol. The van der Waals surface area contributed by atoms with Gasteiger partial charge in [-0.15, -0.1) is 0 Å². The maximum absolute atomic E-state index is 12.2. The van der Waals surface area contributed by atoms with E-state index in [0.717, 1.165) is 5.01 Å². The molecular weight excluding hydrogens is 258 g/mol. The number of hydrogen-bond acceptors (Lipinski definition) is 5. The van der Waals surface area contributed by atoms with E-state index in [4.69, 9.17) is 4.74 Å². The van der Waals surface area contributed by atoms with Crippen molar-refractivity contribution in [1.29, 1.82) is 0 Å². The van der Waals surface area contributed by atoms with E-state index in [0.29, 0.717) is 11.3 Å². The van der Waals surface area contributed by atoms with E-state index in [1.807, 2.05) is 0 Å². The molecule has 6 nitrogen and oxygen atoms in total. The fraction of sp³-hybridized carbons (Fsp3) is 0.500. The van der Waals surface area contributed by atoms with Crippen LogP contribution in [0.1, 0.15) is 39.7 Å². The number of hydrazone groups is 1. The number of aliphatic hydroxyl groups is 1. The molecule has 1 atom stereocenters. The van der Waals surface area contributed by atoms with E-state index in [2.05, 4.69) is 10.1 Å². The van der Waals surface area contributed by atoms with Gasteiger partial charge in [0.05, 0.1) is 0 Å². The predicted octanol–water partition coefficient (Wildman–Crippen LogP) is 2.24. The molecule has 1 aromatic rings. The summed E-state index contributed by atoms with van der Waals surface area (Å²) in [6, 6.07) is 3.32. The molecule has 0 aromatic carbocycles. The number of rotatable bonds is 1. The Labute approximate surface area is 118 Å². The van der Waals surface area contributed by atoms with Gasteiger partial charge in [0.2, 0.25) is 0 Å². The van der Waals surface area contributed by atoms with Gasteiger partial charge in [0.15, 0.2) is 5.72 Å².